The van der Waals surface area contributed by atoms with E-state index in [1.807, 2.05) is 18.2 Å². The zero-order chi connectivity index (χ0) is 15.8. The number of benzene rings is 1. The minimum Gasteiger partial charge on any atom is -0.489 e. The van der Waals surface area contributed by atoms with Crippen LogP contribution in [0.5, 0.6) is 5.75 Å². The number of hydrogen-bond acceptors (Lipinski definition) is 3. The van der Waals surface area contributed by atoms with Gasteiger partial charge < -0.3 is 15.0 Å². The summed E-state index contributed by atoms with van der Waals surface area (Å²) < 4.78 is 5.67. The highest BCUT2D eigenvalue weighted by molar-refractivity contribution is 5.96. The third kappa shape index (κ3) is 2.76. The van der Waals surface area contributed by atoms with Crippen LogP contribution in [0.1, 0.15) is 42.1 Å². The van der Waals surface area contributed by atoms with E-state index in [0.717, 1.165) is 29.8 Å². The minimum atomic E-state index is 0.0487. The predicted octanol–water partition coefficient (Wildman–Crippen LogP) is 2.70. The molecule has 0 unspecified atom stereocenters. The van der Waals surface area contributed by atoms with Crippen LogP contribution >= 0.6 is 0 Å². The fourth-order valence-electron chi connectivity index (χ4n) is 4.11. The lowest BCUT2D eigenvalue weighted by Crippen LogP contribution is -2.57. The van der Waals surface area contributed by atoms with Gasteiger partial charge in [-0.15, -0.1) is 0 Å². The predicted molar refractivity (Wildman–Crippen MR) is 90.6 cm³/mol. The van der Waals surface area contributed by atoms with E-state index >= 15 is 0 Å². The van der Waals surface area contributed by atoms with Gasteiger partial charge in [0.1, 0.15) is 12.4 Å². The van der Waals surface area contributed by atoms with Crippen molar-refractivity contribution >= 4 is 11.5 Å². The van der Waals surface area contributed by atoms with Crippen LogP contribution in [-0.4, -0.2) is 43.1 Å². The van der Waals surface area contributed by atoms with Crippen LogP contribution in [0.15, 0.2) is 24.3 Å². The average Bonchev–Trinajstić information content (AvgIpc) is 2.61. The average molecular weight is 312 g/mol. The topological polar surface area (TPSA) is 41.6 Å². The number of hydrogen-bond donors (Lipinski definition) is 1. The number of nitrogens with zero attached hydrogens (tertiary/aromatic N) is 1. The van der Waals surface area contributed by atoms with Gasteiger partial charge >= 0.3 is 0 Å². The third-order valence-corrected chi connectivity index (χ3v) is 5.51. The first-order valence-electron chi connectivity index (χ1n) is 8.74. The number of amides is 1. The molecule has 3 fully saturated rings. The highest BCUT2D eigenvalue weighted by atomic mass is 16.5. The molecule has 0 saturated carbocycles. The molecule has 23 heavy (non-hydrogen) atoms. The van der Waals surface area contributed by atoms with Crippen LogP contribution in [0.4, 0.5) is 0 Å². The Labute approximate surface area is 137 Å². The Balaban J connectivity index is 1.52. The van der Waals surface area contributed by atoms with Crippen LogP contribution in [-0.2, 0) is 0 Å². The van der Waals surface area contributed by atoms with Gasteiger partial charge in [-0.05, 0) is 68.1 Å². The summed E-state index contributed by atoms with van der Waals surface area (Å²) in [5.41, 5.74) is 3.08. The first kappa shape index (κ1) is 14.8. The summed E-state index contributed by atoms with van der Waals surface area (Å²) in [6.07, 6.45) is 5.50. The molecular weight excluding hydrogens is 288 g/mol. The van der Waals surface area contributed by atoms with Gasteiger partial charge in [-0.3, -0.25) is 4.79 Å². The van der Waals surface area contributed by atoms with Crippen molar-refractivity contribution in [1.29, 1.82) is 0 Å². The van der Waals surface area contributed by atoms with E-state index in [1.165, 1.54) is 31.5 Å². The summed E-state index contributed by atoms with van der Waals surface area (Å²) in [5.74, 6) is 1.59. The van der Waals surface area contributed by atoms with E-state index in [9.17, 15) is 4.79 Å². The summed E-state index contributed by atoms with van der Waals surface area (Å²) >= 11 is 0. The van der Waals surface area contributed by atoms with E-state index in [4.69, 9.17) is 4.74 Å². The van der Waals surface area contributed by atoms with Crippen molar-refractivity contribution in [3.63, 3.8) is 0 Å². The molecule has 4 aliphatic heterocycles. The second-order valence-corrected chi connectivity index (χ2v) is 6.82. The number of rotatable bonds is 3. The molecule has 1 amide bonds. The number of carbonyl (C=O) groups is 1. The van der Waals surface area contributed by atoms with Crippen LogP contribution in [0.25, 0.3) is 5.57 Å². The first-order chi connectivity index (χ1) is 11.2. The second-order valence-electron chi connectivity index (χ2n) is 6.82. The highest BCUT2D eigenvalue weighted by Crippen LogP contribution is 2.33. The lowest BCUT2D eigenvalue weighted by atomic mass is 9.84. The van der Waals surface area contributed by atoms with Gasteiger partial charge in [0.15, 0.2) is 0 Å². The highest BCUT2D eigenvalue weighted by Gasteiger charge is 2.35. The third-order valence-electron chi connectivity index (χ3n) is 5.51. The van der Waals surface area contributed by atoms with E-state index in [2.05, 4.69) is 23.2 Å². The largest absolute Gasteiger partial charge is 0.489 e. The molecule has 3 saturated heterocycles. The monoisotopic (exact) mass is 312 g/mol. The van der Waals surface area contributed by atoms with Gasteiger partial charge in [0.2, 0.25) is 0 Å². The summed E-state index contributed by atoms with van der Waals surface area (Å²) in [7, 11) is 0. The number of nitrogens with one attached hydrogen (secondary N) is 1. The fraction of sp³-hybridized carbons (Fsp3) is 0.526. The van der Waals surface area contributed by atoms with Gasteiger partial charge in [0.05, 0.1) is 0 Å². The number of ether oxygens (including phenoxy) is 1. The summed E-state index contributed by atoms with van der Waals surface area (Å²) in [6.45, 7) is 6.16. The van der Waals surface area contributed by atoms with Crippen molar-refractivity contribution in [2.45, 2.75) is 32.2 Å². The van der Waals surface area contributed by atoms with E-state index in [1.54, 1.807) is 0 Å². The Morgan fingerprint density at radius 1 is 1.35 bits per heavy atom. The summed E-state index contributed by atoms with van der Waals surface area (Å²) in [4.78, 5) is 15.1. The lowest BCUT2D eigenvalue weighted by Gasteiger charge is -2.44. The maximum absolute atomic E-state index is 12.7. The Morgan fingerprint density at radius 3 is 2.87 bits per heavy atom. The van der Waals surface area contributed by atoms with Gasteiger partial charge in [-0.1, -0.05) is 6.92 Å². The molecule has 4 heteroatoms. The van der Waals surface area contributed by atoms with E-state index in [-0.39, 0.29) is 5.91 Å². The van der Waals surface area contributed by atoms with Gasteiger partial charge in [0.25, 0.3) is 5.91 Å². The Morgan fingerprint density at radius 2 is 2.17 bits per heavy atom. The van der Waals surface area contributed by atoms with Crippen molar-refractivity contribution in [3.8, 4) is 5.75 Å². The fourth-order valence-corrected chi connectivity index (χ4v) is 4.11. The van der Waals surface area contributed by atoms with Crippen molar-refractivity contribution in [2.75, 3.05) is 26.2 Å². The molecule has 1 N–H and O–H groups in total. The maximum Gasteiger partial charge on any atom is 0.251 e. The maximum atomic E-state index is 12.7. The molecule has 0 aliphatic carbocycles. The van der Waals surface area contributed by atoms with Crippen LogP contribution < -0.4 is 10.1 Å². The Bertz CT molecular complexity index is 645. The molecule has 0 radical (unpaired) electrons. The second kappa shape index (κ2) is 6.00. The summed E-state index contributed by atoms with van der Waals surface area (Å²) in [6, 6.07) is 6.11. The minimum absolute atomic E-state index is 0.0487. The molecule has 1 aromatic rings. The summed E-state index contributed by atoms with van der Waals surface area (Å²) in [5, 5.41) is 3.27. The molecular formula is C19H24N2O2. The molecule has 122 valence electrons. The van der Waals surface area contributed by atoms with Crippen molar-refractivity contribution in [2.24, 2.45) is 5.92 Å². The van der Waals surface area contributed by atoms with Crippen molar-refractivity contribution in [1.82, 2.24) is 10.2 Å². The zero-order valence-corrected chi connectivity index (χ0v) is 13.7. The number of piperidine rings is 3. The van der Waals surface area contributed by atoms with Gasteiger partial charge in [0, 0.05) is 23.7 Å². The van der Waals surface area contributed by atoms with E-state index in [0.29, 0.717) is 18.6 Å². The standard InChI is InChI=1S/C19H24N2O2/c1-2-13-7-10-23-18-4-3-15(11-16(13)18)19(22)20-17-12-21-8-5-14(17)6-9-21/h3-4,7,11,14,17H,2,5-6,8-10,12H2,1H3,(H,20,22)/t17-/m0/s1. The van der Waals surface area contributed by atoms with Crippen molar-refractivity contribution in [3.05, 3.63) is 35.4 Å². The molecule has 1 aromatic carbocycles. The number of carbonyl (C=O) groups excluding carboxylic acids is 1. The Hall–Kier alpha value is -1.81. The van der Waals surface area contributed by atoms with Crippen LogP contribution in [0.3, 0.4) is 0 Å². The van der Waals surface area contributed by atoms with E-state index < -0.39 is 0 Å². The zero-order valence-electron chi connectivity index (χ0n) is 13.7. The molecule has 5 rings (SSSR count). The van der Waals surface area contributed by atoms with Crippen LogP contribution in [0, 0.1) is 5.92 Å². The number of fused-ring (bicyclic) bond motifs is 4. The molecule has 4 aliphatic rings. The Kier molecular flexibility index (Phi) is 3.85. The van der Waals surface area contributed by atoms with Gasteiger partial charge in [-0.25, -0.2) is 0 Å². The normalized spacial score (nSPS) is 28.6. The first-order valence-corrected chi connectivity index (χ1v) is 8.74. The lowest BCUT2D eigenvalue weighted by molar-refractivity contribution is 0.0620. The SMILES string of the molecule is CCC1=CCOc2ccc(C(=O)N[C@H]3CN4CCC3CC4)cc21. The molecule has 4 heterocycles. The molecule has 0 aromatic heterocycles. The van der Waals surface area contributed by atoms with Crippen molar-refractivity contribution < 1.29 is 9.53 Å². The molecule has 4 nitrogen and oxygen atoms in total. The van der Waals surface area contributed by atoms with Gasteiger partial charge in [-0.2, -0.15) is 0 Å². The number of allylic oxidation sites excluding steroid dienone is 1. The van der Waals surface area contributed by atoms with Crippen LogP contribution in [0.2, 0.25) is 0 Å². The quantitative estimate of drug-likeness (QED) is 0.933. The molecule has 0 spiro atoms. The molecule has 2 bridgehead atoms. The molecule has 1 atom stereocenters. The smallest absolute Gasteiger partial charge is 0.251 e.